The van der Waals surface area contributed by atoms with E-state index in [4.69, 9.17) is 0 Å². The Hall–Kier alpha value is -2.86. The number of aromatic amines is 1. The van der Waals surface area contributed by atoms with Crippen LogP contribution in [-0.4, -0.2) is 23.3 Å². The lowest BCUT2D eigenvalue weighted by atomic mass is 9.82. The molecule has 34 heavy (non-hydrogen) atoms. The van der Waals surface area contributed by atoms with Gasteiger partial charge in [-0.25, -0.2) is 0 Å². The lowest BCUT2D eigenvalue weighted by molar-refractivity contribution is -0.124. The maximum atomic E-state index is 13.4. The molecule has 4 atom stereocenters. The zero-order chi connectivity index (χ0) is 23.3. The molecule has 1 aromatic heterocycles. The Morgan fingerprint density at radius 2 is 1.79 bits per heavy atom. The van der Waals surface area contributed by atoms with Gasteiger partial charge in [-0.1, -0.05) is 46.3 Å². The number of fused-ring (bicyclic) bond motifs is 1. The molecule has 2 bridgehead atoms. The van der Waals surface area contributed by atoms with Crippen LogP contribution in [-0.2, 0) is 16.0 Å². The molecule has 3 aromatic rings. The van der Waals surface area contributed by atoms with Gasteiger partial charge in [0.15, 0.2) is 0 Å². The summed E-state index contributed by atoms with van der Waals surface area (Å²) in [4.78, 5) is 29.5. The summed E-state index contributed by atoms with van der Waals surface area (Å²) in [6.07, 6.45) is 8.05. The fourth-order valence-corrected chi connectivity index (χ4v) is 6.66. The highest BCUT2D eigenvalue weighted by molar-refractivity contribution is 9.10. The fraction of sp³-hybridized carbons (Fsp3) is 0.357. The number of nitrogens with one attached hydrogen (secondary N) is 3. The van der Waals surface area contributed by atoms with Gasteiger partial charge in [-0.05, 0) is 84.2 Å². The van der Waals surface area contributed by atoms with Crippen molar-refractivity contribution in [3.05, 3.63) is 76.9 Å². The normalized spacial score (nSPS) is 25.7. The summed E-state index contributed by atoms with van der Waals surface area (Å²) < 4.78 is 0.985. The molecule has 0 radical (unpaired) electrons. The Balaban J connectivity index is 1.10. The van der Waals surface area contributed by atoms with Gasteiger partial charge in [-0.2, -0.15) is 0 Å². The van der Waals surface area contributed by atoms with Crippen LogP contribution in [0.1, 0.15) is 25.0 Å². The predicted octanol–water partition coefficient (Wildman–Crippen LogP) is 5.45. The van der Waals surface area contributed by atoms with Gasteiger partial charge >= 0.3 is 0 Å². The zero-order valence-electron chi connectivity index (χ0n) is 18.9. The van der Waals surface area contributed by atoms with E-state index in [-0.39, 0.29) is 35.0 Å². The van der Waals surface area contributed by atoms with Crippen molar-refractivity contribution < 1.29 is 9.59 Å². The molecule has 2 amide bonds. The third-order valence-electron chi connectivity index (χ3n) is 8.15. The van der Waals surface area contributed by atoms with E-state index >= 15 is 0 Å². The lowest BCUT2D eigenvalue weighted by Crippen LogP contribution is -2.39. The van der Waals surface area contributed by atoms with Crippen LogP contribution in [0.25, 0.3) is 10.9 Å². The van der Waals surface area contributed by atoms with E-state index in [0.29, 0.717) is 25.3 Å². The molecular formula is C28H28BrN3O2. The van der Waals surface area contributed by atoms with Crippen molar-refractivity contribution in [3.8, 4) is 0 Å². The number of allylic oxidation sites excluding steroid dienone is 2. The van der Waals surface area contributed by atoms with E-state index in [9.17, 15) is 9.59 Å². The van der Waals surface area contributed by atoms with Crippen molar-refractivity contribution in [3.63, 3.8) is 0 Å². The molecule has 174 valence electrons. The number of H-pyrrole nitrogens is 1. The molecule has 0 saturated heterocycles. The third kappa shape index (κ3) is 3.78. The van der Waals surface area contributed by atoms with E-state index in [2.05, 4.69) is 61.9 Å². The Morgan fingerprint density at radius 3 is 2.56 bits per heavy atom. The molecule has 5 nitrogen and oxygen atoms in total. The number of halogens is 1. The third-order valence-corrected chi connectivity index (χ3v) is 8.68. The second kappa shape index (κ2) is 8.42. The number of para-hydroxylation sites is 1. The monoisotopic (exact) mass is 517 g/mol. The van der Waals surface area contributed by atoms with Crippen LogP contribution < -0.4 is 10.6 Å². The van der Waals surface area contributed by atoms with E-state index in [1.54, 1.807) is 0 Å². The molecule has 3 N–H and O–H groups in total. The molecule has 1 heterocycles. The van der Waals surface area contributed by atoms with E-state index in [0.717, 1.165) is 21.4 Å². The van der Waals surface area contributed by atoms with Crippen LogP contribution in [0.4, 0.5) is 5.69 Å². The number of aromatic nitrogens is 1. The minimum absolute atomic E-state index is 0.0438. The fourth-order valence-electron chi connectivity index (χ4n) is 6.40. The maximum absolute atomic E-state index is 13.4. The van der Waals surface area contributed by atoms with Gasteiger partial charge in [0.1, 0.15) is 0 Å². The summed E-state index contributed by atoms with van der Waals surface area (Å²) in [6.45, 7) is 0.553. The summed E-state index contributed by atoms with van der Waals surface area (Å²) in [7, 11) is 0. The Morgan fingerprint density at radius 1 is 1.03 bits per heavy atom. The summed E-state index contributed by atoms with van der Waals surface area (Å²) in [5, 5.41) is 7.46. The minimum atomic E-state index is -0.102. The largest absolute Gasteiger partial charge is 0.358 e. The zero-order valence-corrected chi connectivity index (χ0v) is 20.5. The number of hydrogen-bond acceptors (Lipinski definition) is 2. The molecule has 6 heteroatoms. The highest BCUT2D eigenvalue weighted by atomic mass is 79.9. The predicted molar refractivity (Wildman–Crippen MR) is 137 cm³/mol. The molecule has 1 spiro atoms. The van der Waals surface area contributed by atoms with Crippen LogP contribution in [0.3, 0.4) is 0 Å². The van der Waals surface area contributed by atoms with Gasteiger partial charge in [0.05, 0.1) is 5.92 Å². The molecule has 6 rings (SSSR count). The summed E-state index contributed by atoms with van der Waals surface area (Å²) in [6, 6.07) is 18.0. The van der Waals surface area contributed by atoms with Crippen molar-refractivity contribution in [1.82, 2.24) is 10.3 Å². The van der Waals surface area contributed by atoms with Gasteiger partial charge in [0, 0.05) is 34.3 Å². The highest BCUT2D eigenvalue weighted by Gasteiger charge is 2.68. The number of aryl methyl sites for hydroxylation is 1. The molecule has 2 aromatic carbocycles. The van der Waals surface area contributed by atoms with E-state index in [1.165, 1.54) is 18.2 Å². The van der Waals surface area contributed by atoms with Crippen molar-refractivity contribution in [2.45, 2.75) is 25.7 Å². The number of hydrogen-bond donors (Lipinski definition) is 3. The average Bonchev–Trinajstić information content (AvgIpc) is 3.31. The first-order chi connectivity index (χ1) is 16.5. The summed E-state index contributed by atoms with van der Waals surface area (Å²) >= 11 is 3.44. The highest BCUT2D eigenvalue weighted by Crippen LogP contribution is 2.71. The summed E-state index contributed by atoms with van der Waals surface area (Å²) in [5.74, 6) is 0.818. The van der Waals surface area contributed by atoms with Gasteiger partial charge in [0.25, 0.3) is 0 Å². The van der Waals surface area contributed by atoms with Crippen LogP contribution in [0.15, 0.2) is 71.2 Å². The van der Waals surface area contributed by atoms with Gasteiger partial charge < -0.3 is 15.6 Å². The molecular weight excluding hydrogens is 490 g/mol. The molecule has 3 aliphatic rings. The quantitative estimate of drug-likeness (QED) is 0.364. The lowest BCUT2D eigenvalue weighted by Gasteiger charge is -2.27. The minimum Gasteiger partial charge on any atom is -0.358 e. The van der Waals surface area contributed by atoms with Crippen LogP contribution in [0.2, 0.25) is 0 Å². The summed E-state index contributed by atoms with van der Waals surface area (Å²) in [5.41, 5.74) is 3.23. The number of anilines is 1. The van der Waals surface area contributed by atoms with Crippen molar-refractivity contribution in [2.24, 2.45) is 29.1 Å². The van der Waals surface area contributed by atoms with E-state index < -0.39 is 0 Å². The number of amides is 2. The molecule has 0 unspecified atom stereocenters. The first kappa shape index (κ1) is 21.7. The first-order valence-corrected chi connectivity index (χ1v) is 12.9. The van der Waals surface area contributed by atoms with Crippen LogP contribution in [0, 0.1) is 29.1 Å². The van der Waals surface area contributed by atoms with Crippen molar-refractivity contribution >= 4 is 44.3 Å². The second-order valence-corrected chi connectivity index (χ2v) is 11.0. The number of rotatable bonds is 7. The molecule has 3 aliphatic carbocycles. The van der Waals surface area contributed by atoms with Crippen LogP contribution >= 0.6 is 15.9 Å². The maximum Gasteiger partial charge on any atom is 0.228 e. The van der Waals surface area contributed by atoms with Gasteiger partial charge in [-0.15, -0.1) is 0 Å². The van der Waals surface area contributed by atoms with Crippen molar-refractivity contribution in [1.29, 1.82) is 0 Å². The average molecular weight is 518 g/mol. The topological polar surface area (TPSA) is 74.0 Å². The standard InChI is InChI=1S/C28H28BrN3O2/c29-18-5-7-19(8-6-18)32-27(34)26-21(22-10-11-23(26)28(22)13-14-28)16-30-25(33)12-9-20-15-17-3-1-2-4-24(17)31-20/h1-8,10-11,15,21-23,26,31H,9,12-14,16H2,(H,30,33)(H,32,34)/t21-,22-,23+,26+/m1/s1. The molecule has 0 aliphatic heterocycles. The Labute approximate surface area is 207 Å². The molecule has 2 fully saturated rings. The number of carbonyl (C=O) groups is 2. The van der Waals surface area contributed by atoms with Gasteiger partial charge in [-0.3, -0.25) is 9.59 Å². The smallest absolute Gasteiger partial charge is 0.228 e. The van der Waals surface area contributed by atoms with Gasteiger partial charge in [0.2, 0.25) is 11.8 Å². The number of benzene rings is 2. The second-order valence-electron chi connectivity index (χ2n) is 10.0. The Kier molecular flexibility index (Phi) is 5.36. The van der Waals surface area contributed by atoms with Crippen molar-refractivity contribution in [2.75, 3.05) is 11.9 Å². The number of carbonyl (C=O) groups excluding carboxylic acids is 2. The first-order valence-electron chi connectivity index (χ1n) is 12.1. The molecule has 2 saturated carbocycles. The Bertz CT molecular complexity index is 1240. The SMILES string of the molecule is O=C(CCc1cc2ccccc2[nH]1)NC[C@H]1[C@H](C(=O)Nc2ccc(Br)cc2)[C@@H]2C=C[C@H]1C21CC1. The van der Waals surface area contributed by atoms with E-state index in [1.807, 2.05) is 36.4 Å². The van der Waals surface area contributed by atoms with Crippen LogP contribution in [0.5, 0.6) is 0 Å².